The maximum Gasteiger partial charge on any atom is 0.0674 e. The third-order valence-corrected chi connectivity index (χ3v) is 4.52. The SMILES string of the molecule is CCNC(CCN1CC(C)OCC1C)c1ccccc1Cl. The van der Waals surface area contributed by atoms with Gasteiger partial charge in [0.05, 0.1) is 12.7 Å². The highest BCUT2D eigenvalue weighted by Gasteiger charge is 2.24. The molecule has 0 aliphatic carbocycles. The van der Waals surface area contributed by atoms with E-state index in [9.17, 15) is 0 Å². The van der Waals surface area contributed by atoms with Crippen LogP contribution >= 0.6 is 11.6 Å². The fourth-order valence-electron chi connectivity index (χ4n) is 2.95. The van der Waals surface area contributed by atoms with Gasteiger partial charge in [-0.3, -0.25) is 4.90 Å². The highest BCUT2D eigenvalue weighted by atomic mass is 35.5. The van der Waals surface area contributed by atoms with E-state index in [-0.39, 0.29) is 0 Å². The second-order valence-electron chi connectivity index (χ2n) is 5.91. The topological polar surface area (TPSA) is 24.5 Å². The van der Waals surface area contributed by atoms with E-state index < -0.39 is 0 Å². The lowest BCUT2D eigenvalue weighted by molar-refractivity contribution is -0.0502. The van der Waals surface area contributed by atoms with Crippen molar-refractivity contribution in [1.82, 2.24) is 10.2 Å². The van der Waals surface area contributed by atoms with Gasteiger partial charge in [-0.1, -0.05) is 36.7 Å². The summed E-state index contributed by atoms with van der Waals surface area (Å²) >= 11 is 6.35. The maximum atomic E-state index is 6.35. The minimum absolute atomic E-state index is 0.314. The average molecular weight is 311 g/mol. The Hall–Kier alpha value is -0.610. The average Bonchev–Trinajstić information content (AvgIpc) is 2.47. The number of benzene rings is 1. The molecule has 3 atom stereocenters. The van der Waals surface area contributed by atoms with Crippen LogP contribution in [-0.2, 0) is 4.74 Å². The number of halogens is 1. The van der Waals surface area contributed by atoms with Crippen LogP contribution < -0.4 is 5.32 Å². The number of hydrogen-bond donors (Lipinski definition) is 1. The molecular formula is C17H27ClN2O. The largest absolute Gasteiger partial charge is 0.376 e. The molecule has 1 aliphatic heterocycles. The van der Waals surface area contributed by atoms with Gasteiger partial charge in [0.2, 0.25) is 0 Å². The van der Waals surface area contributed by atoms with Gasteiger partial charge in [-0.25, -0.2) is 0 Å². The van der Waals surface area contributed by atoms with E-state index in [1.54, 1.807) is 0 Å². The quantitative estimate of drug-likeness (QED) is 0.870. The standard InChI is InChI=1S/C17H27ClN2O/c1-4-19-17(15-7-5-6-8-16(15)18)9-10-20-11-14(3)21-12-13(20)2/h5-8,13-14,17,19H,4,9-12H2,1-3H3. The van der Waals surface area contributed by atoms with Crippen molar-refractivity contribution in [2.45, 2.75) is 45.4 Å². The van der Waals surface area contributed by atoms with Crippen molar-refractivity contribution in [2.24, 2.45) is 0 Å². The molecule has 0 aromatic heterocycles. The molecule has 0 saturated carbocycles. The first-order valence-electron chi connectivity index (χ1n) is 7.95. The van der Waals surface area contributed by atoms with E-state index >= 15 is 0 Å². The van der Waals surface area contributed by atoms with Crippen molar-refractivity contribution in [3.05, 3.63) is 34.9 Å². The Morgan fingerprint density at radius 2 is 2.14 bits per heavy atom. The van der Waals surface area contributed by atoms with Crippen LogP contribution in [0.4, 0.5) is 0 Å². The second kappa shape index (κ2) is 8.14. The summed E-state index contributed by atoms with van der Waals surface area (Å²) in [7, 11) is 0. The molecule has 2 rings (SSSR count). The van der Waals surface area contributed by atoms with Crippen LogP contribution in [0.3, 0.4) is 0 Å². The first kappa shape index (κ1) is 16.8. The van der Waals surface area contributed by atoms with E-state index in [0.717, 1.165) is 37.7 Å². The van der Waals surface area contributed by atoms with Crippen LogP contribution in [0.5, 0.6) is 0 Å². The Kier molecular flexibility index (Phi) is 6.49. The van der Waals surface area contributed by atoms with Gasteiger partial charge in [-0.05, 0) is 38.4 Å². The summed E-state index contributed by atoms with van der Waals surface area (Å²) in [5.41, 5.74) is 1.20. The lowest BCUT2D eigenvalue weighted by atomic mass is 10.0. The molecule has 21 heavy (non-hydrogen) atoms. The highest BCUT2D eigenvalue weighted by molar-refractivity contribution is 6.31. The van der Waals surface area contributed by atoms with E-state index in [2.05, 4.69) is 43.1 Å². The van der Waals surface area contributed by atoms with Crippen LogP contribution in [-0.4, -0.2) is 43.3 Å². The Morgan fingerprint density at radius 1 is 1.38 bits per heavy atom. The van der Waals surface area contributed by atoms with Gasteiger partial charge in [-0.2, -0.15) is 0 Å². The Balaban J connectivity index is 1.98. The van der Waals surface area contributed by atoms with Gasteiger partial charge in [0, 0.05) is 30.2 Å². The monoisotopic (exact) mass is 310 g/mol. The first-order chi connectivity index (χ1) is 10.1. The predicted molar refractivity (Wildman–Crippen MR) is 88.9 cm³/mol. The number of hydrogen-bond acceptors (Lipinski definition) is 3. The van der Waals surface area contributed by atoms with Gasteiger partial charge in [0.25, 0.3) is 0 Å². The Labute approximate surface area is 133 Å². The Bertz CT molecular complexity index is 441. The molecule has 0 radical (unpaired) electrons. The first-order valence-corrected chi connectivity index (χ1v) is 8.33. The van der Waals surface area contributed by atoms with Crippen molar-refractivity contribution in [3.8, 4) is 0 Å². The predicted octanol–water partition coefficient (Wildman–Crippen LogP) is 3.49. The minimum Gasteiger partial charge on any atom is -0.376 e. The van der Waals surface area contributed by atoms with E-state index in [4.69, 9.17) is 16.3 Å². The minimum atomic E-state index is 0.314. The van der Waals surface area contributed by atoms with E-state index in [1.165, 1.54) is 5.56 Å². The van der Waals surface area contributed by atoms with Gasteiger partial charge in [0.15, 0.2) is 0 Å². The fraction of sp³-hybridized carbons (Fsp3) is 0.647. The molecule has 1 aromatic carbocycles. The molecule has 0 amide bonds. The molecule has 3 unspecified atom stereocenters. The maximum absolute atomic E-state index is 6.35. The Morgan fingerprint density at radius 3 is 2.86 bits per heavy atom. The molecule has 0 spiro atoms. The molecule has 1 N–H and O–H groups in total. The molecule has 1 saturated heterocycles. The number of rotatable bonds is 6. The highest BCUT2D eigenvalue weighted by Crippen LogP contribution is 2.26. The van der Waals surface area contributed by atoms with Crippen LogP contribution in [0.2, 0.25) is 5.02 Å². The van der Waals surface area contributed by atoms with Crippen LogP contribution in [0.15, 0.2) is 24.3 Å². The van der Waals surface area contributed by atoms with Crippen molar-refractivity contribution in [3.63, 3.8) is 0 Å². The summed E-state index contributed by atoms with van der Waals surface area (Å²) in [4.78, 5) is 2.52. The molecule has 1 heterocycles. The second-order valence-corrected chi connectivity index (χ2v) is 6.32. The third-order valence-electron chi connectivity index (χ3n) is 4.17. The lowest BCUT2D eigenvalue weighted by Gasteiger charge is -2.37. The molecule has 3 nitrogen and oxygen atoms in total. The number of nitrogens with zero attached hydrogens (tertiary/aromatic N) is 1. The molecular weight excluding hydrogens is 284 g/mol. The summed E-state index contributed by atoms with van der Waals surface area (Å²) in [5.74, 6) is 0. The van der Waals surface area contributed by atoms with Crippen LogP contribution in [0.1, 0.15) is 38.8 Å². The normalized spacial score (nSPS) is 25.0. The van der Waals surface area contributed by atoms with Crippen molar-refractivity contribution in [2.75, 3.05) is 26.2 Å². The summed E-state index contributed by atoms with van der Waals surface area (Å²) < 4.78 is 5.70. The smallest absolute Gasteiger partial charge is 0.0674 e. The third kappa shape index (κ3) is 4.68. The summed E-state index contributed by atoms with van der Waals surface area (Å²) in [5, 5.41) is 4.42. The van der Waals surface area contributed by atoms with Gasteiger partial charge in [0.1, 0.15) is 0 Å². The van der Waals surface area contributed by atoms with Crippen molar-refractivity contribution >= 4 is 11.6 Å². The molecule has 0 bridgehead atoms. The van der Waals surface area contributed by atoms with Crippen molar-refractivity contribution in [1.29, 1.82) is 0 Å². The summed E-state index contributed by atoms with van der Waals surface area (Å²) in [6.07, 6.45) is 1.40. The van der Waals surface area contributed by atoms with Crippen LogP contribution in [0, 0.1) is 0 Å². The fourth-order valence-corrected chi connectivity index (χ4v) is 3.22. The number of ether oxygens (including phenoxy) is 1. The van der Waals surface area contributed by atoms with Crippen LogP contribution in [0.25, 0.3) is 0 Å². The molecule has 1 fully saturated rings. The molecule has 118 valence electrons. The molecule has 1 aliphatic rings. The van der Waals surface area contributed by atoms with E-state index in [1.807, 2.05) is 12.1 Å². The number of nitrogens with one attached hydrogen (secondary N) is 1. The molecule has 4 heteroatoms. The van der Waals surface area contributed by atoms with Gasteiger partial charge < -0.3 is 10.1 Å². The number of morpholine rings is 1. The van der Waals surface area contributed by atoms with E-state index in [0.29, 0.717) is 18.2 Å². The lowest BCUT2D eigenvalue weighted by Crippen LogP contribution is -2.48. The van der Waals surface area contributed by atoms with Crippen molar-refractivity contribution < 1.29 is 4.74 Å². The zero-order chi connectivity index (χ0) is 15.2. The summed E-state index contributed by atoms with van der Waals surface area (Å²) in [6, 6.07) is 8.96. The van der Waals surface area contributed by atoms with Gasteiger partial charge in [-0.15, -0.1) is 0 Å². The zero-order valence-corrected chi connectivity index (χ0v) is 14.1. The molecule has 1 aromatic rings. The van der Waals surface area contributed by atoms with Gasteiger partial charge >= 0.3 is 0 Å². The zero-order valence-electron chi connectivity index (χ0n) is 13.3. The summed E-state index contributed by atoms with van der Waals surface area (Å²) in [6.45, 7) is 10.4.